The highest BCUT2D eigenvalue weighted by Crippen LogP contribution is 2.27. The molecule has 0 spiro atoms. The van der Waals surface area contributed by atoms with Crippen molar-refractivity contribution < 1.29 is 4.79 Å². The Morgan fingerprint density at radius 1 is 1.15 bits per heavy atom. The van der Waals surface area contributed by atoms with Gasteiger partial charge in [0.1, 0.15) is 17.6 Å². The van der Waals surface area contributed by atoms with Crippen molar-refractivity contribution in [3.05, 3.63) is 23.9 Å². The summed E-state index contributed by atoms with van der Waals surface area (Å²) in [4.78, 5) is 21.6. The van der Waals surface area contributed by atoms with E-state index in [4.69, 9.17) is 5.26 Å². The third-order valence-corrected chi connectivity index (χ3v) is 5.90. The first-order valence-electron chi connectivity index (χ1n) is 9.89. The van der Waals surface area contributed by atoms with E-state index < -0.39 is 0 Å². The lowest BCUT2D eigenvalue weighted by atomic mass is 9.93. The highest BCUT2D eigenvalue weighted by molar-refractivity contribution is 5.79. The Hall–Kier alpha value is -2.13. The Morgan fingerprint density at radius 2 is 1.96 bits per heavy atom. The summed E-state index contributed by atoms with van der Waals surface area (Å²) in [6, 6.07) is 8.77. The number of nitrogens with zero attached hydrogens (tertiary/aromatic N) is 4. The zero-order valence-electron chi connectivity index (χ0n) is 15.2. The molecule has 1 aromatic rings. The Bertz CT molecular complexity index is 688. The Morgan fingerprint density at radius 3 is 2.69 bits per heavy atom. The number of nitriles is 1. The van der Waals surface area contributed by atoms with Crippen molar-refractivity contribution in [1.82, 2.24) is 15.2 Å². The third kappa shape index (κ3) is 3.99. The number of amides is 1. The van der Waals surface area contributed by atoms with Crippen molar-refractivity contribution in [2.24, 2.45) is 5.92 Å². The first kappa shape index (κ1) is 17.3. The van der Waals surface area contributed by atoms with Gasteiger partial charge in [-0.15, -0.1) is 0 Å². The van der Waals surface area contributed by atoms with Crippen LogP contribution in [0.5, 0.6) is 0 Å². The summed E-state index contributed by atoms with van der Waals surface area (Å²) in [5.41, 5.74) is 0.477. The summed E-state index contributed by atoms with van der Waals surface area (Å²) in [5.74, 6) is 1.34. The number of hydrogen-bond donors (Lipinski definition) is 1. The van der Waals surface area contributed by atoms with Crippen LogP contribution in [0.25, 0.3) is 0 Å². The lowest BCUT2D eigenvalue weighted by Crippen LogP contribution is -2.51. The van der Waals surface area contributed by atoms with Gasteiger partial charge in [-0.2, -0.15) is 5.26 Å². The van der Waals surface area contributed by atoms with E-state index in [9.17, 15) is 4.79 Å². The van der Waals surface area contributed by atoms with Crippen LogP contribution in [0.2, 0.25) is 0 Å². The molecule has 2 aliphatic heterocycles. The standard InChI is InChI=1S/C20H27N5O/c21-13-17-4-1-5-19(22-17)24-11-8-18(9-12-24)25-10-2-3-15(14-25)20(26)23-16-6-7-16/h1,4-5,15-16,18H,2-3,6-12,14H2,(H,23,26). The van der Waals surface area contributed by atoms with Gasteiger partial charge in [0.25, 0.3) is 0 Å². The van der Waals surface area contributed by atoms with Crippen LogP contribution in [0.15, 0.2) is 18.2 Å². The summed E-state index contributed by atoms with van der Waals surface area (Å²) in [6.07, 6.45) is 6.64. The van der Waals surface area contributed by atoms with Crippen molar-refractivity contribution in [3.63, 3.8) is 0 Å². The monoisotopic (exact) mass is 353 g/mol. The van der Waals surface area contributed by atoms with Crippen LogP contribution in [0.3, 0.4) is 0 Å². The molecular formula is C20H27N5O. The van der Waals surface area contributed by atoms with Gasteiger partial charge in [-0.25, -0.2) is 4.98 Å². The van der Waals surface area contributed by atoms with Crippen molar-refractivity contribution in [1.29, 1.82) is 5.26 Å². The molecule has 1 amide bonds. The number of pyridine rings is 1. The minimum atomic E-state index is 0.163. The van der Waals surface area contributed by atoms with Crippen molar-refractivity contribution in [3.8, 4) is 6.07 Å². The third-order valence-electron chi connectivity index (χ3n) is 5.90. The first-order chi connectivity index (χ1) is 12.7. The van der Waals surface area contributed by atoms with E-state index in [-0.39, 0.29) is 11.8 Å². The molecular weight excluding hydrogens is 326 g/mol. The quantitative estimate of drug-likeness (QED) is 0.895. The molecule has 1 unspecified atom stereocenters. The highest BCUT2D eigenvalue weighted by atomic mass is 16.2. The van der Waals surface area contributed by atoms with Gasteiger partial charge in [0.15, 0.2) is 0 Å². The topological polar surface area (TPSA) is 72.3 Å². The molecule has 138 valence electrons. The van der Waals surface area contributed by atoms with Crippen molar-refractivity contribution >= 4 is 11.7 Å². The zero-order chi connectivity index (χ0) is 17.9. The summed E-state index contributed by atoms with van der Waals surface area (Å²) in [7, 11) is 0. The molecule has 0 bridgehead atoms. The number of anilines is 1. The van der Waals surface area contributed by atoms with Crippen LogP contribution in [0.4, 0.5) is 5.82 Å². The van der Waals surface area contributed by atoms with E-state index in [2.05, 4.69) is 26.2 Å². The SMILES string of the molecule is N#Cc1cccc(N2CCC(N3CCCC(C(=O)NC4CC4)C3)CC2)n1. The number of likely N-dealkylation sites (tertiary alicyclic amines) is 1. The normalized spacial score (nSPS) is 24.9. The van der Waals surface area contributed by atoms with Crippen LogP contribution in [-0.4, -0.2) is 54.1 Å². The first-order valence-corrected chi connectivity index (χ1v) is 9.89. The summed E-state index contributed by atoms with van der Waals surface area (Å²) in [5, 5.41) is 12.2. The fourth-order valence-corrected chi connectivity index (χ4v) is 4.22. The molecule has 3 heterocycles. The Kier molecular flexibility index (Phi) is 5.07. The number of aromatic nitrogens is 1. The van der Waals surface area contributed by atoms with Gasteiger partial charge in [0.05, 0.1) is 5.92 Å². The number of hydrogen-bond acceptors (Lipinski definition) is 5. The second kappa shape index (κ2) is 7.63. The molecule has 1 atom stereocenters. The average molecular weight is 353 g/mol. The lowest BCUT2D eigenvalue weighted by molar-refractivity contribution is -0.127. The molecule has 0 radical (unpaired) electrons. The van der Waals surface area contributed by atoms with Gasteiger partial charge >= 0.3 is 0 Å². The maximum absolute atomic E-state index is 12.4. The minimum Gasteiger partial charge on any atom is -0.356 e. The van der Waals surface area contributed by atoms with Crippen molar-refractivity contribution in [2.75, 3.05) is 31.1 Å². The predicted octanol–water partition coefficient (Wildman–Crippen LogP) is 1.91. The van der Waals surface area contributed by atoms with E-state index in [0.717, 1.165) is 70.5 Å². The summed E-state index contributed by atoms with van der Waals surface area (Å²) < 4.78 is 0. The maximum atomic E-state index is 12.4. The van der Waals surface area contributed by atoms with Crippen LogP contribution in [0, 0.1) is 17.2 Å². The lowest BCUT2D eigenvalue weighted by Gasteiger charge is -2.42. The molecule has 26 heavy (non-hydrogen) atoms. The van der Waals surface area contributed by atoms with Crippen LogP contribution < -0.4 is 10.2 Å². The smallest absolute Gasteiger partial charge is 0.224 e. The van der Waals surface area contributed by atoms with E-state index in [1.807, 2.05) is 12.1 Å². The van der Waals surface area contributed by atoms with E-state index in [0.29, 0.717) is 17.8 Å². The number of rotatable bonds is 4. The van der Waals surface area contributed by atoms with Crippen LogP contribution >= 0.6 is 0 Å². The summed E-state index contributed by atoms with van der Waals surface area (Å²) in [6.45, 7) is 3.94. The van der Waals surface area contributed by atoms with Gasteiger partial charge in [-0.1, -0.05) is 6.07 Å². The van der Waals surface area contributed by atoms with Crippen LogP contribution in [-0.2, 0) is 4.79 Å². The molecule has 4 rings (SSSR count). The molecule has 1 aromatic heterocycles. The average Bonchev–Trinajstić information content (AvgIpc) is 3.52. The largest absolute Gasteiger partial charge is 0.356 e. The molecule has 0 aromatic carbocycles. The Balaban J connectivity index is 1.31. The molecule has 3 aliphatic rings. The molecule has 1 aliphatic carbocycles. The highest BCUT2D eigenvalue weighted by Gasteiger charge is 2.33. The van der Waals surface area contributed by atoms with Crippen LogP contribution in [0.1, 0.15) is 44.2 Å². The molecule has 1 saturated carbocycles. The number of nitrogens with one attached hydrogen (secondary N) is 1. The molecule has 2 saturated heterocycles. The molecule has 6 heteroatoms. The molecule has 3 fully saturated rings. The van der Waals surface area contributed by atoms with E-state index in [1.165, 1.54) is 0 Å². The van der Waals surface area contributed by atoms with Gasteiger partial charge in [0, 0.05) is 31.7 Å². The predicted molar refractivity (Wildman–Crippen MR) is 99.6 cm³/mol. The zero-order valence-corrected chi connectivity index (χ0v) is 15.2. The van der Waals surface area contributed by atoms with Gasteiger partial charge in [0.2, 0.25) is 5.91 Å². The molecule has 1 N–H and O–H groups in total. The molecule has 6 nitrogen and oxygen atoms in total. The second-order valence-electron chi connectivity index (χ2n) is 7.83. The number of carbonyl (C=O) groups excluding carboxylic acids is 1. The van der Waals surface area contributed by atoms with E-state index in [1.54, 1.807) is 6.07 Å². The van der Waals surface area contributed by atoms with Gasteiger partial charge in [-0.05, 0) is 57.2 Å². The maximum Gasteiger partial charge on any atom is 0.224 e. The van der Waals surface area contributed by atoms with E-state index >= 15 is 0 Å². The fourth-order valence-electron chi connectivity index (χ4n) is 4.22. The number of carbonyl (C=O) groups is 1. The van der Waals surface area contributed by atoms with Gasteiger partial charge in [-0.3, -0.25) is 9.69 Å². The summed E-state index contributed by atoms with van der Waals surface area (Å²) >= 11 is 0. The Labute approximate surface area is 155 Å². The minimum absolute atomic E-state index is 0.163. The fraction of sp³-hybridized carbons (Fsp3) is 0.650. The van der Waals surface area contributed by atoms with Gasteiger partial charge < -0.3 is 10.2 Å². The number of piperidine rings is 2. The second-order valence-corrected chi connectivity index (χ2v) is 7.83. The van der Waals surface area contributed by atoms with Crippen molar-refractivity contribution in [2.45, 2.75) is 50.6 Å².